The second kappa shape index (κ2) is 6.43. The Morgan fingerprint density at radius 1 is 1.35 bits per heavy atom. The molecule has 1 fully saturated rings. The number of carbonyl (C=O) groups excluding carboxylic acids is 1. The van der Waals surface area contributed by atoms with Crippen molar-refractivity contribution in [3.05, 3.63) is 22.8 Å². The SMILES string of the molecule is Nc1n[nH]c(CCC(=O)N2CCc3c(c(C(=O)O)nn3CC3CC3)C2)n1. The Hall–Kier alpha value is -2.91. The largest absolute Gasteiger partial charge is 0.476 e. The summed E-state index contributed by atoms with van der Waals surface area (Å²) in [5.74, 6) is 0.245. The Kier molecular flexibility index (Phi) is 4.09. The summed E-state index contributed by atoms with van der Waals surface area (Å²) in [7, 11) is 0. The summed E-state index contributed by atoms with van der Waals surface area (Å²) in [6, 6.07) is 0. The quantitative estimate of drug-likeness (QED) is 0.669. The van der Waals surface area contributed by atoms with Gasteiger partial charge in [0.25, 0.3) is 0 Å². The number of anilines is 1. The van der Waals surface area contributed by atoms with Gasteiger partial charge in [0.15, 0.2) is 5.69 Å². The minimum Gasteiger partial charge on any atom is -0.476 e. The zero-order valence-corrected chi connectivity index (χ0v) is 14.3. The maximum atomic E-state index is 12.5. The lowest BCUT2D eigenvalue weighted by molar-refractivity contribution is -0.132. The van der Waals surface area contributed by atoms with Crippen LogP contribution in [0, 0.1) is 5.92 Å². The van der Waals surface area contributed by atoms with E-state index in [4.69, 9.17) is 5.73 Å². The first-order chi connectivity index (χ1) is 12.5. The number of carboxylic acid groups (broad SMARTS) is 1. The number of amides is 1. The van der Waals surface area contributed by atoms with Gasteiger partial charge in [-0.05, 0) is 18.8 Å². The van der Waals surface area contributed by atoms with Crippen molar-refractivity contribution in [2.75, 3.05) is 12.3 Å². The van der Waals surface area contributed by atoms with Gasteiger partial charge in [-0.1, -0.05) is 0 Å². The Morgan fingerprint density at radius 3 is 2.81 bits per heavy atom. The highest BCUT2D eigenvalue weighted by atomic mass is 16.4. The summed E-state index contributed by atoms with van der Waals surface area (Å²) in [6.45, 7) is 1.63. The van der Waals surface area contributed by atoms with Crippen molar-refractivity contribution in [1.82, 2.24) is 29.9 Å². The van der Waals surface area contributed by atoms with E-state index in [-0.39, 0.29) is 24.0 Å². The van der Waals surface area contributed by atoms with E-state index in [0.29, 0.717) is 43.2 Å². The molecule has 4 rings (SSSR count). The number of carboxylic acids is 1. The Bertz CT molecular complexity index is 852. The van der Waals surface area contributed by atoms with Crippen LogP contribution in [-0.4, -0.2) is 53.4 Å². The van der Waals surface area contributed by atoms with E-state index in [1.807, 2.05) is 4.68 Å². The van der Waals surface area contributed by atoms with Crippen LogP contribution in [0.2, 0.25) is 0 Å². The number of nitrogens with two attached hydrogens (primary N) is 1. The molecule has 3 heterocycles. The molecule has 0 aromatic carbocycles. The molecule has 1 aliphatic carbocycles. The van der Waals surface area contributed by atoms with Gasteiger partial charge in [-0.2, -0.15) is 10.1 Å². The van der Waals surface area contributed by atoms with Gasteiger partial charge in [0.05, 0.1) is 0 Å². The lowest BCUT2D eigenvalue weighted by atomic mass is 10.0. The lowest BCUT2D eigenvalue weighted by Gasteiger charge is -2.27. The molecule has 0 spiro atoms. The van der Waals surface area contributed by atoms with Crippen molar-refractivity contribution < 1.29 is 14.7 Å². The van der Waals surface area contributed by atoms with E-state index >= 15 is 0 Å². The van der Waals surface area contributed by atoms with Crippen LogP contribution in [0.15, 0.2) is 0 Å². The van der Waals surface area contributed by atoms with Crippen LogP contribution in [-0.2, 0) is 30.7 Å². The molecular weight excluding hydrogens is 338 g/mol. The molecule has 10 heteroatoms. The summed E-state index contributed by atoms with van der Waals surface area (Å²) >= 11 is 0. The number of rotatable bonds is 6. The highest BCUT2D eigenvalue weighted by Gasteiger charge is 2.32. The monoisotopic (exact) mass is 359 g/mol. The summed E-state index contributed by atoms with van der Waals surface area (Å²) < 4.78 is 1.84. The molecule has 0 saturated heterocycles. The van der Waals surface area contributed by atoms with E-state index < -0.39 is 5.97 Å². The summed E-state index contributed by atoms with van der Waals surface area (Å²) in [6.07, 6.45) is 3.66. The Morgan fingerprint density at radius 2 is 2.15 bits per heavy atom. The fraction of sp³-hybridized carbons (Fsp3) is 0.562. The van der Waals surface area contributed by atoms with Crippen molar-refractivity contribution in [2.24, 2.45) is 5.92 Å². The molecule has 0 unspecified atom stereocenters. The number of carbonyl (C=O) groups is 2. The average molecular weight is 359 g/mol. The van der Waals surface area contributed by atoms with Gasteiger partial charge in [-0.3, -0.25) is 14.6 Å². The number of nitrogens with one attached hydrogen (secondary N) is 1. The average Bonchev–Trinajstić information content (AvgIpc) is 3.22. The smallest absolute Gasteiger partial charge is 0.356 e. The normalized spacial score (nSPS) is 16.5. The molecular formula is C16H21N7O3. The molecule has 0 bridgehead atoms. The van der Waals surface area contributed by atoms with Crippen molar-refractivity contribution >= 4 is 17.8 Å². The predicted octanol–water partition coefficient (Wildman–Crippen LogP) is 0.209. The van der Waals surface area contributed by atoms with Gasteiger partial charge in [0.1, 0.15) is 5.82 Å². The van der Waals surface area contributed by atoms with Gasteiger partial charge in [0.2, 0.25) is 11.9 Å². The molecule has 138 valence electrons. The summed E-state index contributed by atoms with van der Waals surface area (Å²) in [5, 5.41) is 20.2. The molecule has 10 nitrogen and oxygen atoms in total. The zero-order valence-electron chi connectivity index (χ0n) is 14.3. The second-order valence-corrected chi connectivity index (χ2v) is 6.91. The summed E-state index contributed by atoms with van der Waals surface area (Å²) in [5.41, 5.74) is 7.15. The number of nitrogens with zero attached hydrogens (tertiary/aromatic N) is 5. The first-order valence-corrected chi connectivity index (χ1v) is 8.77. The number of nitrogen functional groups attached to an aromatic ring is 1. The molecule has 26 heavy (non-hydrogen) atoms. The number of fused-ring (bicyclic) bond motifs is 1. The highest BCUT2D eigenvalue weighted by molar-refractivity contribution is 5.88. The standard InChI is InChI=1S/C16H21N7O3/c17-16-18-12(19-20-16)3-4-13(24)22-6-5-11-10(8-22)14(15(25)26)21-23(11)7-9-1-2-9/h9H,1-8H2,(H,25,26)(H3,17,18,19,20). The number of H-pyrrole nitrogens is 1. The summed E-state index contributed by atoms with van der Waals surface area (Å²) in [4.78, 5) is 29.8. The van der Waals surface area contributed by atoms with E-state index in [2.05, 4.69) is 20.3 Å². The molecule has 1 saturated carbocycles. The van der Waals surface area contributed by atoms with Crippen LogP contribution in [0.1, 0.15) is 46.8 Å². The minimum atomic E-state index is -1.04. The first kappa shape index (κ1) is 16.6. The molecule has 2 aromatic rings. The fourth-order valence-electron chi connectivity index (χ4n) is 3.38. The van der Waals surface area contributed by atoms with Gasteiger partial charge >= 0.3 is 5.97 Å². The van der Waals surface area contributed by atoms with Gasteiger partial charge in [-0.15, -0.1) is 5.10 Å². The third-order valence-corrected chi connectivity index (χ3v) is 4.94. The molecule has 2 aromatic heterocycles. The van der Waals surface area contributed by atoms with Crippen LogP contribution in [0.5, 0.6) is 0 Å². The maximum Gasteiger partial charge on any atom is 0.356 e. The van der Waals surface area contributed by atoms with Crippen molar-refractivity contribution in [1.29, 1.82) is 0 Å². The molecule has 0 atom stereocenters. The van der Waals surface area contributed by atoms with E-state index in [1.54, 1.807) is 4.90 Å². The number of hydrogen-bond donors (Lipinski definition) is 3. The van der Waals surface area contributed by atoms with Crippen LogP contribution in [0.3, 0.4) is 0 Å². The lowest BCUT2D eigenvalue weighted by Crippen LogP contribution is -2.37. The van der Waals surface area contributed by atoms with Crippen LogP contribution < -0.4 is 5.73 Å². The maximum absolute atomic E-state index is 12.5. The van der Waals surface area contributed by atoms with Crippen LogP contribution in [0.4, 0.5) is 5.95 Å². The van der Waals surface area contributed by atoms with Gasteiger partial charge in [-0.25, -0.2) is 4.79 Å². The molecule has 0 radical (unpaired) electrons. The van der Waals surface area contributed by atoms with E-state index in [1.165, 1.54) is 12.8 Å². The number of hydrogen-bond acceptors (Lipinski definition) is 6. The van der Waals surface area contributed by atoms with Crippen LogP contribution in [0.25, 0.3) is 0 Å². The van der Waals surface area contributed by atoms with E-state index in [9.17, 15) is 14.7 Å². The number of aromatic nitrogens is 5. The topological polar surface area (TPSA) is 143 Å². The highest BCUT2D eigenvalue weighted by Crippen LogP contribution is 2.32. The number of aryl methyl sites for hydroxylation is 1. The van der Waals surface area contributed by atoms with E-state index in [0.717, 1.165) is 12.2 Å². The fourth-order valence-corrected chi connectivity index (χ4v) is 3.38. The third kappa shape index (κ3) is 3.26. The van der Waals surface area contributed by atoms with Crippen LogP contribution >= 0.6 is 0 Å². The number of aromatic carboxylic acids is 1. The number of aromatic amines is 1. The zero-order chi connectivity index (χ0) is 18.3. The Balaban J connectivity index is 1.46. The van der Waals surface area contributed by atoms with Gasteiger partial charge < -0.3 is 15.7 Å². The Labute approximate surface area is 149 Å². The van der Waals surface area contributed by atoms with Crippen molar-refractivity contribution in [3.8, 4) is 0 Å². The molecule has 2 aliphatic rings. The first-order valence-electron chi connectivity index (χ1n) is 8.77. The van der Waals surface area contributed by atoms with Gasteiger partial charge in [0, 0.05) is 50.2 Å². The second-order valence-electron chi connectivity index (χ2n) is 6.91. The molecule has 4 N–H and O–H groups in total. The molecule has 1 amide bonds. The third-order valence-electron chi connectivity index (χ3n) is 4.94. The van der Waals surface area contributed by atoms with Crippen molar-refractivity contribution in [3.63, 3.8) is 0 Å². The molecule has 1 aliphatic heterocycles. The minimum absolute atomic E-state index is 0.0445. The van der Waals surface area contributed by atoms with Crippen molar-refractivity contribution in [2.45, 2.75) is 45.2 Å². The predicted molar refractivity (Wildman–Crippen MR) is 90.1 cm³/mol.